The van der Waals surface area contributed by atoms with Gasteiger partial charge in [0, 0.05) is 42.9 Å². The Morgan fingerprint density at radius 1 is 1.05 bits per heavy atom. The Kier molecular flexibility index (Phi) is 5.66. The highest BCUT2D eigenvalue weighted by molar-refractivity contribution is 7.22. The molecule has 4 aromatic rings. The highest BCUT2D eigenvalue weighted by atomic mass is 32.1. The topological polar surface area (TPSA) is 69.0 Å². The summed E-state index contributed by atoms with van der Waals surface area (Å²) in [6.07, 6.45) is 3.73. The summed E-state index contributed by atoms with van der Waals surface area (Å²) >= 11 is 1.35. The van der Waals surface area contributed by atoms with Crippen molar-refractivity contribution >= 4 is 26.8 Å². The lowest BCUT2D eigenvalue weighted by molar-refractivity contribution is -0.137. The molecular weight excluding hydrogens is 520 g/mol. The third-order valence-corrected chi connectivity index (χ3v) is 8.61. The number of alkyl halides is 3. The molecule has 7 nitrogen and oxygen atoms in total. The third kappa shape index (κ3) is 4.33. The Bertz CT molecular complexity index is 1510. The van der Waals surface area contributed by atoms with Crippen molar-refractivity contribution in [2.75, 3.05) is 24.6 Å². The van der Waals surface area contributed by atoms with Gasteiger partial charge in [0.25, 0.3) is 0 Å². The molecule has 0 radical (unpaired) electrons. The summed E-state index contributed by atoms with van der Waals surface area (Å²) in [7, 11) is 0. The van der Waals surface area contributed by atoms with Crippen molar-refractivity contribution < 1.29 is 22.3 Å². The van der Waals surface area contributed by atoms with Crippen LogP contribution in [0.3, 0.4) is 0 Å². The fraction of sp³-hybridized carbons (Fsp3) is 0.462. The van der Waals surface area contributed by atoms with Crippen LogP contribution in [-0.4, -0.2) is 44.4 Å². The molecule has 2 atom stereocenters. The van der Waals surface area contributed by atoms with Crippen molar-refractivity contribution in [1.29, 1.82) is 0 Å². The van der Waals surface area contributed by atoms with E-state index in [1.54, 1.807) is 0 Å². The van der Waals surface area contributed by atoms with Crippen molar-refractivity contribution in [3.63, 3.8) is 0 Å². The summed E-state index contributed by atoms with van der Waals surface area (Å²) in [5.41, 5.74) is 0.713. The number of rotatable bonds is 5. The van der Waals surface area contributed by atoms with E-state index in [2.05, 4.69) is 10.00 Å². The van der Waals surface area contributed by atoms with Gasteiger partial charge in [-0.15, -0.1) is 0 Å². The van der Waals surface area contributed by atoms with Gasteiger partial charge in [-0.05, 0) is 50.3 Å². The van der Waals surface area contributed by atoms with E-state index in [4.69, 9.17) is 19.7 Å². The minimum absolute atomic E-state index is 0.0137. The second kappa shape index (κ2) is 8.98. The molecule has 2 aliphatic heterocycles. The van der Waals surface area contributed by atoms with Crippen LogP contribution < -0.4 is 4.90 Å². The van der Waals surface area contributed by atoms with Gasteiger partial charge in [0.1, 0.15) is 16.3 Å². The Labute approximate surface area is 219 Å². The van der Waals surface area contributed by atoms with E-state index in [9.17, 15) is 13.2 Å². The number of hydrogen-bond donors (Lipinski definition) is 0. The average molecular weight is 545 g/mol. The van der Waals surface area contributed by atoms with Crippen LogP contribution in [0.4, 0.5) is 22.7 Å². The molecular formula is C26H24F4N6OS. The van der Waals surface area contributed by atoms with Crippen molar-refractivity contribution in [2.24, 2.45) is 0 Å². The zero-order valence-corrected chi connectivity index (χ0v) is 21.1. The number of halogens is 4. The normalized spacial score (nSPS) is 22.2. The Morgan fingerprint density at radius 2 is 1.89 bits per heavy atom. The van der Waals surface area contributed by atoms with E-state index in [1.807, 2.05) is 17.1 Å². The largest absolute Gasteiger partial charge is 0.416 e. The number of nitrogens with zero attached hydrogens (tertiary/aromatic N) is 6. The SMILES string of the molecule is Fc1cc(C(F)(F)F)ccc1-c1nc([C@H]2CCO[C@@H](c3cnn(C4CC4)c3)C2)nc2nc(N3CCC3)sc12. The van der Waals surface area contributed by atoms with Crippen LogP contribution in [-0.2, 0) is 10.9 Å². The van der Waals surface area contributed by atoms with Gasteiger partial charge in [-0.2, -0.15) is 23.3 Å². The van der Waals surface area contributed by atoms with Gasteiger partial charge in [0.05, 0.1) is 29.6 Å². The first-order chi connectivity index (χ1) is 18.3. The maximum absolute atomic E-state index is 15.2. The van der Waals surface area contributed by atoms with Gasteiger partial charge in [-0.1, -0.05) is 11.3 Å². The average Bonchev–Trinajstić information content (AvgIpc) is 3.43. The number of ether oxygens (including phenoxy) is 1. The zero-order chi connectivity index (χ0) is 26.0. The van der Waals surface area contributed by atoms with Gasteiger partial charge in [-0.3, -0.25) is 4.68 Å². The van der Waals surface area contributed by atoms with E-state index in [0.29, 0.717) is 47.7 Å². The maximum Gasteiger partial charge on any atom is 0.416 e. The Balaban J connectivity index is 1.27. The number of hydrogen-bond acceptors (Lipinski definition) is 7. The van der Waals surface area contributed by atoms with Gasteiger partial charge in [0.2, 0.25) is 0 Å². The Hall–Kier alpha value is -3.12. The van der Waals surface area contributed by atoms with E-state index in [-0.39, 0.29) is 23.3 Å². The number of benzene rings is 1. The molecule has 198 valence electrons. The quantitative estimate of drug-likeness (QED) is 0.275. The van der Waals surface area contributed by atoms with Crippen LogP contribution in [0.5, 0.6) is 0 Å². The molecule has 2 saturated heterocycles. The lowest BCUT2D eigenvalue weighted by Crippen LogP contribution is -2.36. The van der Waals surface area contributed by atoms with Crippen molar-refractivity contribution in [1.82, 2.24) is 24.7 Å². The molecule has 38 heavy (non-hydrogen) atoms. The minimum atomic E-state index is -4.63. The molecule has 1 saturated carbocycles. The predicted octanol–water partition coefficient (Wildman–Crippen LogP) is 6.29. The van der Waals surface area contributed by atoms with E-state index >= 15 is 4.39 Å². The minimum Gasteiger partial charge on any atom is -0.373 e. The fourth-order valence-electron chi connectivity index (χ4n) is 5.04. The van der Waals surface area contributed by atoms with Crippen LogP contribution in [0.15, 0.2) is 30.6 Å². The van der Waals surface area contributed by atoms with Gasteiger partial charge in [0.15, 0.2) is 10.8 Å². The van der Waals surface area contributed by atoms with E-state index < -0.39 is 17.6 Å². The molecule has 7 rings (SSSR count). The van der Waals surface area contributed by atoms with Crippen molar-refractivity contribution in [2.45, 2.75) is 56.3 Å². The number of thiazole rings is 1. The monoisotopic (exact) mass is 544 g/mol. The number of fused-ring (bicyclic) bond motifs is 1. The summed E-state index contributed by atoms with van der Waals surface area (Å²) < 4.78 is 63.4. The fourth-order valence-corrected chi connectivity index (χ4v) is 6.10. The molecule has 0 amide bonds. The third-order valence-electron chi connectivity index (χ3n) is 7.50. The van der Waals surface area contributed by atoms with Gasteiger partial charge >= 0.3 is 6.18 Å². The smallest absolute Gasteiger partial charge is 0.373 e. The molecule has 3 aliphatic rings. The Morgan fingerprint density at radius 3 is 2.61 bits per heavy atom. The molecule has 3 aromatic heterocycles. The van der Waals surface area contributed by atoms with Crippen LogP contribution in [0.25, 0.3) is 21.6 Å². The second-order valence-corrected chi connectivity index (χ2v) is 11.2. The molecule has 0 unspecified atom stereocenters. The summed E-state index contributed by atoms with van der Waals surface area (Å²) in [6.45, 7) is 2.26. The lowest BCUT2D eigenvalue weighted by atomic mass is 9.92. The summed E-state index contributed by atoms with van der Waals surface area (Å²) in [4.78, 5) is 16.4. The molecule has 0 spiro atoms. The first-order valence-corrected chi connectivity index (χ1v) is 13.6. The summed E-state index contributed by atoms with van der Waals surface area (Å²) in [6, 6.07) is 3.06. The molecule has 1 aliphatic carbocycles. The van der Waals surface area contributed by atoms with Crippen LogP contribution in [0, 0.1) is 5.82 Å². The summed E-state index contributed by atoms with van der Waals surface area (Å²) in [5, 5.41) is 5.25. The van der Waals surface area contributed by atoms with Gasteiger partial charge < -0.3 is 9.64 Å². The number of aromatic nitrogens is 5. The molecule has 3 fully saturated rings. The highest BCUT2D eigenvalue weighted by Crippen LogP contribution is 2.42. The molecule has 0 N–H and O–H groups in total. The molecule has 1 aromatic carbocycles. The second-order valence-electron chi connectivity index (χ2n) is 10.2. The first kappa shape index (κ1) is 24.0. The molecule has 12 heteroatoms. The maximum atomic E-state index is 15.2. The molecule has 0 bridgehead atoms. The van der Waals surface area contributed by atoms with Crippen LogP contribution in [0.2, 0.25) is 0 Å². The van der Waals surface area contributed by atoms with Gasteiger partial charge in [-0.25, -0.2) is 14.4 Å². The van der Waals surface area contributed by atoms with Crippen LogP contribution in [0.1, 0.15) is 67.1 Å². The van der Waals surface area contributed by atoms with Crippen LogP contribution >= 0.6 is 11.3 Å². The summed E-state index contributed by atoms with van der Waals surface area (Å²) in [5.74, 6) is -0.537. The lowest BCUT2D eigenvalue weighted by Gasteiger charge is -2.30. The first-order valence-electron chi connectivity index (χ1n) is 12.8. The van der Waals surface area contributed by atoms with Crippen molar-refractivity contribution in [3.05, 3.63) is 53.4 Å². The zero-order valence-electron chi connectivity index (χ0n) is 20.3. The van der Waals surface area contributed by atoms with E-state index in [1.165, 1.54) is 11.3 Å². The van der Waals surface area contributed by atoms with E-state index in [0.717, 1.165) is 55.2 Å². The number of anilines is 1. The standard InChI is InChI=1S/C26H24F4N6OS/c27-19-11-16(26(28,29)30)2-5-18(19)21-22-24(34-25(38-22)35-7-1-8-35)33-23(32-21)14-6-9-37-20(10-14)15-12-31-36(13-15)17-3-4-17/h2,5,11-14,17,20H,1,3-4,6-10H2/t14-,20+/m0/s1. The molecule has 5 heterocycles. The van der Waals surface area contributed by atoms with Crippen molar-refractivity contribution in [3.8, 4) is 11.3 Å². The highest BCUT2D eigenvalue weighted by Gasteiger charge is 2.34. The predicted molar refractivity (Wildman–Crippen MR) is 134 cm³/mol.